The molecule has 26 heavy (non-hydrogen) atoms. The maximum absolute atomic E-state index is 12.5. The molecule has 7 nitrogen and oxygen atoms in total. The normalized spacial score (nSPS) is 16.2. The first-order valence-electron chi connectivity index (χ1n) is 8.60. The second-order valence-corrected chi connectivity index (χ2v) is 8.97. The molecular formula is C17H25N3O4S2. The highest BCUT2D eigenvalue weighted by Gasteiger charge is 2.24. The van der Waals surface area contributed by atoms with Crippen LogP contribution in [-0.4, -0.2) is 60.7 Å². The van der Waals surface area contributed by atoms with Crippen LogP contribution in [0.15, 0.2) is 29.2 Å². The summed E-state index contributed by atoms with van der Waals surface area (Å²) >= 11 is 1.22. The third-order valence-electron chi connectivity index (χ3n) is 4.28. The van der Waals surface area contributed by atoms with Crippen LogP contribution in [-0.2, 0) is 14.8 Å². The van der Waals surface area contributed by atoms with Crippen molar-refractivity contribution < 1.29 is 18.0 Å². The van der Waals surface area contributed by atoms with Gasteiger partial charge in [0.05, 0.1) is 10.9 Å². The first kappa shape index (κ1) is 20.7. The van der Waals surface area contributed by atoms with Gasteiger partial charge in [0.1, 0.15) is 6.54 Å². The van der Waals surface area contributed by atoms with E-state index in [-0.39, 0.29) is 28.6 Å². The number of carbonyl (C=O) groups excluding carboxylic acids is 2. The zero-order valence-electron chi connectivity index (χ0n) is 15.3. The first-order valence-corrected chi connectivity index (χ1v) is 11.0. The van der Waals surface area contributed by atoms with Gasteiger partial charge in [-0.2, -0.15) is 4.31 Å². The third kappa shape index (κ3) is 4.77. The van der Waals surface area contributed by atoms with Crippen molar-refractivity contribution in [1.29, 1.82) is 0 Å². The van der Waals surface area contributed by atoms with E-state index in [9.17, 15) is 18.0 Å². The molecule has 144 valence electrons. The van der Waals surface area contributed by atoms with Gasteiger partial charge in [0.15, 0.2) is 0 Å². The molecule has 1 fully saturated rings. The molecule has 2 rings (SSSR count). The van der Waals surface area contributed by atoms with Crippen LogP contribution in [0.25, 0.3) is 0 Å². The van der Waals surface area contributed by atoms with Crippen LogP contribution in [0.2, 0.25) is 0 Å². The summed E-state index contributed by atoms with van der Waals surface area (Å²) in [5.74, 6) is 0.484. The summed E-state index contributed by atoms with van der Waals surface area (Å²) in [7, 11) is -3.49. The second kappa shape index (κ2) is 8.88. The minimum absolute atomic E-state index is 0.0462. The van der Waals surface area contributed by atoms with Crippen LogP contribution in [0.3, 0.4) is 0 Å². The van der Waals surface area contributed by atoms with Crippen LogP contribution in [0.1, 0.15) is 32.4 Å². The Labute approximate surface area is 159 Å². The molecule has 0 unspecified atom stereocenters. The van der Waals surface area contributed by atoms with Crippen molar-refractivity contribution >= 4 is 32.9 Å². The first-order chi connectivity index (χ1) is 12.3. The van der Waals surface area contributed by atoms with E-state index in [0.29, 0.717) is 25.4 Å². The predicted molar refractivity (Wildman–Crippen MR) is 103 cm³/mol. The number of amides is 2. The van der Waals surface area contributed by atoms with Crippen molar-refractivity contribution in [2.75, 3.05) is 31.9 Å². The topological polar surface area (TPSA) is 86.8 Å². The summed E-state index contributed by atoms with van der Waals surface area (Å²) < 4.78 is 26.4. The molecule has 9 heteroatoms. The lowest BCUT2D eigenvalue weighted by Crippen LogP contribution is -2.38. The minimum Gasteiger partial charge on any atom is -0.348 e. The zero-order valence-corrected chi connectivity index (χ0v) is 16.9. The Morgan fingerprint density at radius 1 is 1.27 bits per heavy atom. The molecule has 0 spiro atoms. The van der Waals surface area contributed by atoms with Crippen LogP contribution in [0.5, 0.6) is 0 Å². The molecule has 0 saturated carbocycles. The van der Waals surface area contributed by atoms with Gasteiger partial charge in [0.25, 0.3) is 5.24 Å². The van der Waals surface area contributed by atoms with Crippen molar-refractivity contribution in [1.82, 2.24) is 14.5 Å². The predicted octanol–water partition coefficient (Wildman–Crippen LogP) is 2.06. The fraction of sp³-hybridized carbons (Fsp3) is 0.529. The average Bonchev–Trinajstić information content (AvgIpc) is 3.00. The Hall–Kier alpha value is -1.58. The number of sulfonamides is 1. The van der Waals surface area contributed by atoms with Gasteiger partial charge in [0, 0.05) is 25.4 Å². The number of nitrogens with one attached hydrogen (secondary N) is 1. The monoisotopic (exact) mass is 399 g/mol. The van der Waals surface area contributed by atoms with Crippen molar-refractivity contribution in [3.63, 3.8) is 0 Å². The largest absolute Gasteiger partial charge is 0.348 e. The van der Waals surface area contributed by atoms with Gasteiger partial charge in [0.2, 0.25) is 15.9 Å². The quantitative estimate of drug-likeness (QED) is 0.723. The molecule has 1 heterocycles. The molecular weight excluding hydrogens is 374 g/mol. The van der Waals surface area contributed by atoms with Gasteiger partial charge < -0.3 is 10.2 Å². The van der Waals surface area contributed by atoms with Crippen molar-refractivity contribution in [2.45, 2.75) is 31.7 Å². The van der Waals surface area contributed by atoms with Crippen molar-refractivity contribution in [2.24, 2.45) is 0 Å². The average molecular weight is 400 g/mol. The van der Waals surface area contributed by atoms with E-state index in [1.807, 2.05) is 6.92 Å². The number of rotatable bonds is 8. The smallest absolute Gasteiger partial charge is 0.282 e. The van der Waals surface area contributed by atoms with Crippen LogP contribution >= 0.6 is 11.8 Å². The number of carbonyl (C=O) groups is 2. The molecule has 2 amide bonds. The van der Waals surface area contributed by atoms with Gasteiger partial charge in [-0.15, -0.1) is 0 Å². The number of benzene rings is 1. The van der Waals surface area contributed by atoms with Crippen molar-refractivity contribution in [3.8, 4) is 0 Å². The molecule has 1 aliphatic heterocycles. The molecule has 0 aromatic heterocycles. The van der Waals surface area contributed by atoms with E-state index in [1.165, 1.54) is 21.0 Å². The standard InChI is InChI=1S/C17H25N3O4S2/c1-4-20(5-2)26(23,24)15-8-6-14(7-9-15)13(3)18-16(21)12-19-10-11-25-17(19)22/h6-9,13H,4-5,10-12H2,1-3H3,(H,18,21)/t13-/m1/s1. The molecule has 0 radical (unpaired) electrons. The summed E-state index contributed by atoms with van der Waals surface area (Å²) in [6.07, 6.45) is 0. The Morgan fingerprint density at radius 3 is 2.38 bits per heavy atom. The molecule has 1 aromatic rings. The van der Waals surface area contributed by atoms with Gasteiger partial charge in [-0.05, 0) is 24.6 Å². The Bertz CT molecular complexity index is 746. The van der Waals surface area contributed by atoms with E-state index < -0.39 is 10.0 Å². The number of nitrogens with zero attached hydrogens (tertiary/aromatic N) is 2. The van der Waals surface area contributed by atoms with Gasteiger partial charge in [-0.25, -0.2) is 8.42 Å². The lowest BCUT2D eigenvalue weighted by atomic mass is 10.1. The lowest BCUT2D eigenvalue weighted by Gasteiger charge is -2.20. The number of hydrogen-bond acceptors (Lipinski definition) is 5. The summed E-state index contributed by atoms with van der Waals surface area (Å²) in [6, 6.07) is 6.26. The van der Waals surface area contributed by atoms with E-state index in [0.717, 1.165) is 5.56 Å². The Morgan fingerprint density at radius 2 is 1.88 bits per heavy atom. The van der Waals surface area contributed by atoms with E-state index in [2.05, 4.69) is 5.32 Å². The molecule has 1 aliphatic rings. The molecule has 1 aromatic carbocycles. The molecule has 1 atom stereocenters. The van der Waals surface area contributed by atoms with Gasteiger partial charge >= 0.3 is 0 Å². The summed E-state index contributed by atoms with van der Waals surface area (Å²) in [6.45, 7) is 6.90. The highest BCUT2D eigenvalue weighted by atomic mass is 32.2. The fourth-order valence-corrected chi connectivity index (χ4v) is 5.04. The van der Waals surface area contributed by atoms with Crippen LogP contribution in [0, 0.1) is 0 Å². The maximum Gasteiger partial charge on any atom is 0.282 e. The number of thioether (sulfide) groups is 1. The lowest BCUT2D eigenvalue weighted by molar-refractivity contribution is -0.122. The molecule has 1 N–H and O–H groups in total. The van der Waals surface area contributed by atoms with E-state index >= 15 is 0 Å². The maximum atomic E-state index is 12.5. The highest BCUT2D eigenvalue weighted by molar-refractivity contribution is 8.13. The highest BCUT2D eigenvalue weighted by Crippen LogP contribution is 2.20. The number of hydrogen-bond donors (Lipinski definition) is 1. The third-order valence-corrected chi connectivity index (χ3v) is 7.24. The second-order valence-electron chi connectivity index (χ2n) is 5.98. The summed E-state index contributed by atoms with van der Waals surface area (Å²) in [5.41, 5.74) is 0.805. The minimum atomic E-state index is -3.49. The van der Waals surface area contributed by atoms with Gasteiger partial charge in [-0.3, -0.25) is 9.59 Å². The Kier molecular flexibility index (Phi) is 7.08. The SMILES string of the molecule is CCN(CC)S(=O)(=O)c1ccc([C@@H](C)NC(=O)CN2CCSC2=O)cc1. The summed E-state index contributed by atoms with van der Waals surface area (Å²) in [4.78, 5) is 25.4. The van der Waals surface area contributed by atoms with E-state index in [4.69, 9.17) is 0 Å². The summed E-state index contributed by atoms with van der Waals surface area (Å²) in [5, 5.41) is 2.77. The molecule has 0 aliphatic carbocycles. The molecule has 1 saturated heterocycles. The zero-order chi connectivity index (χ0) is 19.3. The van der Waals surface area contributed by atoms with E-state index in [1.54, 1.807) is 38.1 Å². The van der Waals surface area contributed by atoms with Crippen LogP contribution < -0.4 is 5.32 Å². The van der Waals surface area contributed by atoms with Crippen LogP contribution in [0.4, 0.5) is 4.79 Å². The fourth-order valence-electron chi connectivity index (χ4n) is 2.75. The van der Waals surface area contributed by atoms with Gasteiger partial charge in [-0.1, -0.05) is 37.7 Å². The molecule has 0 bridgehead atoms. The Balaban J connectivity index is 2.01. The van der Waals surface area contributed by atoms with Crippen molar-refractivity contribution in [3.05, 3.63) is 29.8 Å².